The maximum Gasteiger partial charge on any atom is 0.242 e. The fraction of sp³-hybridized carbons (Fsp3) is 0.462. The lowest BCUT2D eigenvalue weighted by molar-refractivity contribution is -0.132. The van der Waals surface area contributed by atoms with Gasteiger partial charge in [0.05, 0.1) is 18.3 Å². The highest BCUT2D eigenvalue weighted by Crippen LogP contribution is 2.28. The van der Waals surface area contributed by atoms with Gasteiger partial charge in [-0.25, -0.2) is 0 Å². The summed E-state index contributed by atoms with van der Waals surface area (Å²) in [6.45, 7) is 1.87. The number of likely N-dealkylation sites (N-methyl/N-ethyl adjacent to an activating group) is 1. The number of amides is 1. The smallest absolute Gasteiger partial charge is 0.242 e. The van der Waals surface area contributed by atoms with Gasteiger partial charge >= 0.3 is 0 Å². The van der Waals surface area contributed by atoms with E-state index in [0.717, 1.165) is 23.1 Å². The molecule has 1 saturated heterocycles. The summed E-state index contributed by atoms with van der Waals surface area (Å²) < 4.78 is 1.02. The lowest BCUT2D eigenvalue weighted by atomic mass is 10.1. The lowest BCUT2D eigenvalue weighted by Gasteiger charge is -2.40. The van der Waals surface area contributed by atoms with Crippen molar-refractivity contribution in [2.75, 3.05) is 31.6 Å². The van der Waals surface area contributed by atoms with Crippen molar-refractivity contribution in [3.8, 4) is 0 Å². The molecule has 0 radical (unpaired) electrons. The second kappa shape index (κ2) is 5.71. The first kappa shape index (κ1) is 13.4. The largest absolute Gasteiger partial charge is 0.359 e. The third-order valence-electron chi connectivity index (χ3n) is 3.39. The number of carbonyl (C=O) groups excluding carboxylic acids is 1. The molecule has 1 unspecified atom stereocenters. The minimum atomic E-state index is 0.149. The zero-order chi connectivity index (χ0) is 13.1. The Morgan fingerprint density at radius 3 is 2.83 bits per heavy atom. The molecule has 98 valence electrons. The Labute approximate surface area is 116 Å². The Morgan fingerprint density at radius 2 is 2.17 bits per heavy atom. The summed E-state index contributed by atoms with van der Waals surface area (Å²) in [6.07, 6.45) is 0.837. The second-order valence-corrected chi connectivity index (χ2v) is 5.42. The standard InChI is InChI=1S/C13H18BrN3O/c1-16-10(6-7-15)8-17(9-13(16)18)12-5-3-2-4-11(12)14/h2-5,10H,6-9,15H2,1H3. The van der Waals surface area contributed by atoms with E-state index in [4.69, 9.17) is 5.73 Å². The third-order valence-corrected chi connectivity index (χ3v) is 4.06. The van der Waals surface area contributed by atoms with Crippen LogP contribution in [-0.2, 0) is 4.79 Å². The fourth-order valence-corrected chi connectivity index (χ4v) is 2.82. The Bertz CT molecular complexity index is 438. The molecule has 1 fully saturated rings. The summed E-state index contributed by atoms with van der Waals surface area (Å²) in [6, 6.07) is 8.19. The normalized spacial score (nSPS) is 20.4. The molecular weight excluding hydrogens is 294 g/mol. The van der Waals surface area contributed by atoms with Gasteiger partial charge in [0.15, 0.2) is 0 Å². The van der Waals surface area contributed by atoms with Crippen molar-refractivity contribution in [2.24, 2.45) is 5.73 Å². The Kier molecular flexibility index (Phi) is 4.24. The maximum absolute atomic E-state index is 12.0. The van der Waals surface area contributed by atoms with Crippen LogP contribution in [0.25, 0.3) is 0 Å². The molecule has 1 atom stereocenters. The molecule has 1 amide bonds. The van der Waals surface area contributed by atoms with Gasteiger partial charge in [-0.15, -0.1) is 0 Å². The van der Waals surface area contributed by atoms with E-state index >= 15 is 0 Å². The number of nitrogens with two attached hydrogens (primary N) is 1. The predicted molar refractivity (Wildman–Crippen MR) is 76.6 cm³/mol. The molecule has 0 aliphatic carbocycles. The van der Waals surface area contributed by atoms with E-state index in [0.29, 0.717) is 13.1 Å². The molecule has 0 bridgehead atoms. The van der Waals surface area contributed by atoms with Gasteiger partial charge in [0, 0.05) is 18.1 Å². The number of nitrogens with zero attached hydrogens (tertiary/aromatic N) is 2. The van der Waals surface area contributed by atoms with Crippen molar-refractivity contribution in [3.05, 3.63) is 28.7 Å². The number of anilines is 1. The highest BCUT2D eigenvalue weighted by atomic mass is 79.9. The van der Waals surface area contributed by atoms with E-state index in [1.54, 1.807) is 0 Å². The molecule has 1 aromatic carbocycles. The molecule has 5 heteroatoms. The number of rotatable bonds is 3. The molecule has 0 saturated carbocycles. The Morgan fingerprint density at radius 1 is 1.44 bits per heavy atom. The van der Waals surface area contributed by atoms with Gasteiger partial charge in [0.1, 0.15) is 0 Å². The van der Waals surface area contributed by atoms with E-state index in [-0.39, 0.29) is 11.9 Å². The van der Waals surface area contributed by atoms with Crippen LogP contribution in [-0.4, -0.2) is 43.5 Å². The summed E-state index contributed by atoms with van der Waals surface area (Å²) in [5.41, 5.74) is 6.69. The summed E-state index contributed by atoms with van der Waals surface area (Å²) in [4.78, 5) is 15.9. The van der Waals surface area contributed by atoms with Crippen molar-refractivity contribution in [1.29, 1.82) is 0 Å². The predicted octanol–water partition coefficient (Wildman–Crippen LogP) is 1.44. The Balaban J connectivity index is 2.20. The molecule has 4 nitrogen and oxygen atoms in total. The fourth-order valence-electron chi connectivity index (χ4n) is 2.29. The number of hydrogen-bond acceptors (Lipinski definition) is 3. The van der Waals surface area contributed by atoms with Crippen molar-refractivity contribution in [3.63, 3.8) is 0 Å². The molecule has 0 aromatic heterocycles. The molecule has 2 rings (SSSR count). The van der Waals surface area contributed by atoms with Crippen molar-refractivity contribution in [1.82, 2.24) is 4.90 Å². The van der Waals surface area contributed by atoms with Crippen LogP contribution in [0.15, 0.2) is 28.7 Å². The summed E-state index contributed by atoms with van der Waals surface area (Å²) in [7, 11) is 1.86. The average molecular weight is 312 g/mol. The molecule has 2 N–H and O–H groups in total. The number of piperazine rings is 1. The summed E-state index contributed by atoms with van der Waals surface area (Å²) in [5.74, 6) is 0.149. The monoisotopic (exact) mass is 311 g/mol. The van der Waals surface area contributed by atoms with Crippen LogP contribution in [0.3, 0.4) is 0 Å². The van der Waals surface area contributed by atoms with Crippen molar-refractivity contribution < 1.29 is 4.79 Å². The quantitative estimate of drug-likeness (QED) is 0.919. The van der Waals surface area contributed by atoms with Crippen LogP contribution >= 0.6 is 15.9 Å². The van der Waals surface area contributed by atoms with E-state index in [9.17, 15) is 4.79 Å². The minimum Gasteiger partial charge on any atom is -0.359 e. The van der Waals surface area contributed by atoms with Gasteiger partial charge in [-0.05, 0) is 41.0 Å². The lowest BCUT2D eigenvalue weighted by Crippen LogP contribution is -2.55. The number of carbonyl (C=O) groups is 1. The summed E-state index contributed by atoms with van der Waals surface area (Å²) >= 11 is 3.53. The molecule has 0 spiro atoms. The van der Waals surface area contributed by atoms with E-state index in [2.05, 4.69) is 20.8 Å². The van der Waals surface area contributed by atoms with Gasteiger partial charge < -0.3 is 15.5 Å². The van der Waals surface area contributed by atoms with Gasteiger partial charge in [-0.3, -0.25) is 4.79 Å². The molecular formula is C13H18BrN3O. The van der Waals surface area contributed by atoms with E-state index in [1.807, 2.05) is 36.2 Å². The first-order valence-corrected chi connectivity index (χ1v) is 6.88. The third kappa shape index (κ3) is 2.67. The van der Waals surface area contributed by atoms with Crippen LogP contribution in [0.4, 0.5) is 5.69 Å². The van der Waals surface area contributed by atoms with Crippen LogP contribution in [0.5, 0.6) is 0 Å². The van der Waals surface area contributed by atoms with Crippen molar-refractivity contribution in [2.45, 2.75) is 12.5 Å². The number of benzene rings is 1. The molecule has 1 heterocycles. The van der Waals surface area contributed by atoms with Gasteiger partial charge in [0.25, 0.3) is 0 Å². The maximum atomic E-state index is 12.0. The minimum absolute atomic E-state index is 0.149. The zero-order valence-corrected chi connectivity index (χ0v) is 12.1. The summed E-state index contributed by atoms with van der Waals surface area (Å²) in [5, 5.41) is 0. The first-order valence-electron chi connectivity index (χ1n) is 6.08. The highest BCUT2D eigenvalue weighted by molar-refractivity contribution is 9.10. The van der Waals surface area contributed by atoms with Crippen molar-refractivity contribution >= 4 is 27.5 Å². The SMILES string of the molecule is CN1C(=O)CN(c2ccccc2Br)CC1CCN. The molecule has 1 aliphatic heterocycles. The number of para-hydroxylation sites is 1. The molecule has 1 aliphatic rings. The molecule has 1 aromatic rings. The number of hydrogen-bond donors (Lipinski definition) is 1. The average Bonchev–Trinajstić information content (AvgIpc) is 2.35. The van der Waals surface area contributed by atoms with Crippen LogP contribution in [0.2, 0.25) is 0 Å². The first-order chi connectivity index (χ1) is 8.63. The topological polar surface area (TPSA) is 49.6 Å². The number of halogens is 1. The zero-order valence-electron chi connectivity index (χ0n) is 10.5. The van der Waals surface area contributed by atoms with Crippen LogP contribution in [0.1, 0.15) is 6.42 Å². The van der Waals surface area contributed by atoms with Gasteiger partial charge in [-0.1, -0.05) is 12.1 Å². The van der Waals surface area contributed by atoms with Crippen LogP contribution in [0, 0.1) is 0 Å². The Hall–Kier alpha value is -1.07. The van der Waals surface area contributed by atoms with E-state index in [1.165, 1.54) is 0 Å². The van der Waals surface area contributed by atoms with E-state index < -0.39 is 0 Å². The van der Waals surface area contributed by atoms with Gasteiger partial charge in [0.2, 0.25) is 5.91 Å². The van der Waals surface area contributed by atoms with Crippen LogP contribution < -0.4 is 10.6 Å². The second-order valence-electron chi connectivity index (χ2n) is 4.57. The van der Waals surface area contributed by atoms with Gasteiger partial charge in [-0.2, -0.15) is 0 Å². The molecule has 18 heavy (non-hydrogen) atoms. The highest BCUT2D eigenvalue weighted by Gasteiger charge is 2.29.